The molecular weight excluding hydrogens is 214 g/mol. The summed E-state index contributed by atoms with van der Waals surface area (Å²) in [5, 5.41) is 3.26. The summed E-state index contributed by atoms with van der Waals surface area (Å²) >= 11 is 0. The highest BCUT2D eigenvalue weighted by Crippen LogP contribution is 2.27. The second-order valence-electron chi connectivity index (χ2n) is 5.63. The first kappa shape index (κ1) is 12.8. The lowest BCUT2D eigenvalue weighted by molar-refractivity contribution is -0.129. The second kappa shape index (κ2) is 5.83. The van der Waals surface area contributed by atoms with Gasteiger partial charge in [-0.05, 0) is 51.7 Å². The Hall–Kier alpha value is -0.610. The molecule has 0 spiro atoms. The van der Waals surface area contributed by atoms with Crippen molar-refractivity contribution in [3.63, 3.8) is 0 Å². The van der Waals surface area contributed by atoms with E-state index in [1.54, 1.807) is 0 Å². The molecule has 1 N–H and O–H groups in total. The third kappa shape index (κ3) is 3.96. The van der Waals surface area contributed by atoms with Crippen LogP contribution in [0.3, 0.4) is 0 Å². The topological polar surface area (TPSA) is 35.6 Å². The van der Waals surface area contributed by atoms with Gasteiger partial charge in [-0.25, -0.2) is 0 Å². The first-order valence-corrected chi connectivity index (χ1v) is 6.81. The standard InChI is InChI=1S/C13H25N3O/c1-15-7-3-4-12(15)10-16(2)13(17)9-14-8-11-5-6-11/h11-12,14H,3-10H2,1-2H3. The fourth-order valence-corrected chi connectivity index (χ4v) is 2.47. The van der Waals surface area contributed by atoms with Gasteiger partial charge in [-0.15, -0.1) is 0 Å². The summed E-state index contributed by atoms with van der Waals surface area (Å²) in [6, 6.07) is 0.562. The Morgan fingerprint density at radius 3 is 2.76 bits per heavy atom. The van der Waals surface area contributed by atoms with Crippen molar-refractivity contribution in [1.82, 2.24) is 15.1 Å². The van der Waals surface area contributed by atoms with E-state index in [1.807, 2.05) is 11.9 Å². The van der Waals surface area contributed by atoms with Crippen LogP contribution in [0.15, 0.2) is 0 Å². The summed E-state index contributed by atoms with van der Waals surface area (Å²) in [7, 11) is 4.08. The molecule has 4 nitrogen and oxygen atoms in total. The fourth-order valence-electron chi connectivity index (χ4n) is 2.47. The molecule has 1 amide bonds. The van der Waals surface area contributed by atoms with E-state index < -0.39 is 0 Å². The van der Waals surface area contributed by atoms with Gasteiger partial charge in [0.1, 0.15) is 0 Å². The quantitative estimate of drug-likeness (QED) is 0.735. The minimum atomic E-state index is 0.228. The van der Waals surface area contributed by atoms with Crippen LogP contribution >= 0.6 is 0 Å². The molecule has 1 atom stereocenters. The van der Waals surface area contributed by atoms with Crippen LogP contribution in [0.1, 0.15) is 25.7 Å². The summed E-state index contributed by atoms with van der Waals surface area (Å²) in [6.45, 7) is 3.57. The molecule has 0 aromatic carbocycles. The summed E-state index contributed by atoms with van der Waals surface area (Å²) in [5.74, 6) is 1.07. The van der Waals surface area contributed by atoms with Crippen LogP contribution < -0.4 is 5.32 Å². The number of nitrogens with one attached hydrogen (secondary N) is 1. The van der Waals surface area contributed by atoms with Crippen LogP contribution in [0.2, 0.25) is 0 Å². The van der Waals surface area contributed by atoms with Crippen LogP contribution in [0, 0.1) is 5.92 Å². The Morgan fingerprint density at radius 1 is 1.41 bits per heavy atom. The third-order valence-corrected chi connectivity index (χ3v) is 3.99. The molecule has 1 aliphatic heterocycles. The van der Waals surface area contributed by atoms with Crippen LogP contribution in [-0.4, -0.2) is 62.0 Å². The molecule has 2 rings (SSSR count). The molecule has 0 radical (unpaired) electrons. The van der Waals surface area contributed by atoms with E-state index in [4.69, 9.17) is 0 Å². The number of hydrogen-bond donors (Lipinski definition) is 1. The van der Waals surface area contributed by atoms with Crippen molar-refractivity contribution in [2.75, 3.05) is 40.3 Å². The molecule has 0 aromatic rings. The molecule has 1 aliphatic carbocycles. The lowest BCUT2D eigenvalue weighted by atomic mass is 10.2. The van der Waals surface area contributed by atoms with Gasteiger partial charge in [0.2, 0.25) is 5.91 Å². The third-order valence-electron chi connectivity index (χ3n) is 3.99. The van der Waals surface area contributed by atoms with E-state index in [0.29, 0.717) is 12.6 Å². The minimum absolute atomic E-state index is 0.228. The van der Waals surface area contributed by atoms with Gasteiger partial charge in [0.25, 0.3) is 0 Å². The molecule has 2 fully saturated rings. The number of likely N-dealkylation sites (tertiary alicyclic amines) is 1. The molecule has 0 aromatic heterocycles. The highest BCUT2D eigenvalue weighted by atomic mass is 16.2. The largest absolute Gasteiger partial charge is 0.343 e. The summed E-state index contributed by atoms with van der Waals surface area (Å²) < 4.78 is 0. The van der Waals surface area contributed by atoms with Crippen molar-refractivity contribution in [2.45, 2.75) is 31.7 Å². The zero-order valence-electron chi connectivity index (χ0n) is 11.1. The van der Waals surface area contributed by atoms with Crippen LogP contribution in [0.5, 0.6) is 0 Å². The van der Waals surface area contributed by atoms with Gasteiger partial charge in [-0.1, -0.05) is 0 Å². The van der Waals surface area contributed by atoms with E-state index in [0.717, 1.165) is 19.0 Å². The van der Waals surface area contributed by atoms with Crippen LogP contribution in [0.4, 0.5) is 0 Å². The lowest BCUT2D eigenvalue weighted by Crippen LogP contribution is -2.43. The van der Waals surface area contributed by atoms with Crippen molar-refractivity contribution in [1.29, 1.82) is 0 Å². The average Bonchev–Trinajstić information content (AvgIpc) is 3.04. The lowest BCUT2D eigenvalue weighted by Gasteiger charge is -2.26. The normalized spacial score (nSPS) is 25.2. The Kier molecular flexibility index (Phi) is 4.40. The van der Waals surface area contributed by atoms with E-state index in [1.165, 1.54) is 32.2 Å². The Bertz CT molecular complexity index is 265. The molecule has 98 valence electrons. The first-order valence-electron chi connectivity index (χ1n) is 6.81. The van der Waals surface area contributed by atoms with E-state index in [-0.39, 0.29) is 5.91 Å². The maximum absolute atomic E-state index is 11.9. The summed E-state index contributed by atoms with van der Waals surface area (Å²) in [4.78, 5) is 16.1. The first-order chi connectivity index (χ1) is 8.16. The smallest absolute Gasteiger partial charge is 0.236 e. The molecule has 1 saturated carbocycles. The zero-order valence-corrected chi connectivity index (χ0v) is 11.1. The SMILES string of the molecule is CN(CC1CCCN1C)C(=O)CNCC1CC1. The van der Waals surface area contributed by atoms with Crippen LogP contribution in [0.25, 0.3) is 0 Å². The zero-order chi connectivity index (χ0) is 12.3. The summed E-state index contributed by atoms with van der Waals surface area (Å²) in [6.07, 6.45) is 5.17. The molecule has 1 heterocycles. The van der Waals surface area contributed by atoms with Gasteiger partial charge in [0, 0.05) is 19.6 Å². The second-order valence-corrected chi connectivity index (χ2v) is 5.63. The number of hydrogen-bond acceptors (Lipinski definition) is 3. The molecular formula is C13H25N3O. The average molecular weight is 239 g/mol. The van der Waals surface area contributed by atoms with Crippen molar-refractivity contribution in [2.24, 2.45) is 5.92 Å². The molecule has 4 heteroatoms. The minimum Gasteiger partial charge on any atom is -0.343 e. The van der Waals surface area contributed by atoms with Crippen molar-refractivity contribution in [3.8, 4) is 0 Å². The number of carbonyl (C=O) groups excluding carboxylic acids is 1. The molecule has 17 heavy (non-hydrogen) atoms. The Labute approximate surface area is 104 Å². The highest BCUT2D eigenvalue weighted by molar-refractivity contribution is 5.78. The Morgan fingerprint density at radius 2 is 2.18 bits per heavy atom. The number of likely N-dealkylation sites (N-methyl/N-ethyl adjacent to an activating group) is 2. The number of rotatable bonds is 6. The van der Waals surface area contributed by atoms with Gasteiger partial charge in [0.05, 0.1) is 6.54 Å². The highest BCUT2D eigenvalue weighted by Gasteiger charge is 2.24. The maximum Gasteiger partial charge on any atom is 0.236 e. The van der Waals surface area contributed by atoms with Gasteiger partial charge in [0.15, 0.2) is 0 Å². The Balaban J connectivity index is 1.63. The molecule has 1 unspecified atom stereocenters. The van der Waals surface area contributed by atoms with E-state index in [2.05, 4.69) is 17.3 Å². The fraction of sp³-hybridized carbons (Fsp3) is 0.923. The van der Waals surface area contributed by atoms with E-state index >= 15 is 0 Å². The van der Waals surface area contributed by atoms with Gasteiger partial charge in [-0.3, -0.25) is 4.79 Å². The summed E-state index contributed by atoms with van der Waals surface area (Å²) in [5.41, 5.74) is 0. The molecule has 0 bridgehead atoms. The van der Waals surface area contributed by atoms with E-state index in [9.17, 15) is 4.79 Å². The van der Waals surface area contributed by atoms with Crippen molar-refractivity contribution in [3.05, 3.63) is 0 Å². The van der Waals surface area contributed by atoms with Gasteiger partial charge >= 0.3 is 0 Å². The van der Waals surface area contributed by atoms with Crippen molar-refractivity contribution < 1.29 is 4.79 Å². The monoisotopic (exact) mass is 239 g/mol. The predicted molar refractivity (Wildman–Crippen MR) is 68.9 cm³/mol. The van der Waals surface area contributed by atoms with Gasteiger partial charge < -0.3 is 15.1 Å². The molecule has 1 saturated heterocycles. The van der Waals surface area contributed by atoms with Crippen LogP contribution in [-0.2, 0) is 4.79 Å². The number of carbonyl (C=O) groups is 1. The number of nitrogens with zero attached hydrogens (tertiary/aromatic N) is 2. The van der Waals surface area contributed by atoms with Gasteiger partial charge in [-0.2, -0.15) is 0 Å². The number of amides is 1. The maximum atomic E-state index is 11.9. The predicted octanol–water partition coefficient (Wildman–Crippen LogP) is 0.539. The van der Waals surface area contributed by atoms with Crippen molar-refractivity contribution >= 4 is 5.91 Å². The molecule has 2 aliphatic rings.